The summed E-state index contributed by atoms with van der Waals surface area (Å²) in [6.07, 6.45) is 0.515. The van der Waals surface area contributed by atoms with E-state index in [0.717, 1.165) is 0 Å². The number of carbonyl (C=O) groups is 2. The maximum absolute atomic E-state index is 11.2. The molecule has 0 unspecified atom stereocenters. The highest BCUT2D eigenvalue weighted by Crippen LogP contribution is 2.17. The highest BCUT2D eigenvalue weighted by molar-refractivity contribution is 6.32. The Hall–Kier alpha value is -1.89. The molecule has 0 bridgehead atoms. The average molecular weight is 229 g/mol. The van der Waals surface area contributed by atoms with Gasteiger partial charge in [-0.3, -0.25) is 4.79 Å². The van der Waals surface area contributed by atoms with Crippen LogP contribution in [0.4, 0.5) is 0 Å². The van der Waals surface area contributed by atoms with Crippen LogP contribution in [-0.4, -0.2) is 39.2 Å². The summed E-state index contributed by atoms with van der Waals surface area (Å²) in [5, 5.41) is 6.09. The van der Waals surface area contributed by atoms with Crippen LogP contribution in [0.1, 0.15) is 21.0 Å². The van der Waals surface area contributed by atoms with Gasteiger partial charge in [-0.05, 0) is 0 Å². The molecule has 0 saturated heterocycles. The van der Waals surface area contributed by atoms with Gasteiger partial charge in [0.1, 0.15) is 5.69 Å². The van der Waals surface area contributed by atoms with Crippen LogP contribution in [-0.2, 0) is 4.74 Å². The maximum Gasteiger partial charge on any atom is 0.362 e. The predicted octanol–water partition coefficient (Wildman–Crippen LogP) is 0.310. The normalized spacial score (nSPS) is 10.5. The second-order valence-corrected chi connectivity index (χ2v) is 2.97. The Labute approximate surface area is 88.0 Å². The summed E-state index contributed by atoms with van der Waals surface area (Å²) in [4.78, 5) is 25.7. The standard InChI is InChI=1S/C7H5ClN4O3/c1-15-7(14)4-6-9-5(8)3(2-13)12(6)11-10-4/h2,11H,1H3. The SMILES string of the molecule is COC(=O)c1n[nH]n2c(C=O)c(Cl)nc12. The minimum Gasteiger partial charge on any atom is -0.464 e. The largest absolute Gasteiger partial charge is 0.464 e. The Morgan fingerprint density at radius 1 is 1.67 bits per heavy atom. The number of rotatable bonds is 2. The number of aldehydes is 1. The van der Waals surface area contributed by atoms with E-state index < -0.39 is 5.97 Å². The van der Waals surface area contributed by atoms with Crippen LogP contribution in [0.2, 0.25) is 5.15 Å². The predicted molar refractivity (Wildman–Crippen MR) is 49.1 cm³/mol. The van der Waals surface area contributed by atoms with E-state index in [0.29, 0.717) is 6.29 Å². The Balaban J connectivity index is 2.71. The maximum atomic E-state index is 11.2. The Morgan fingerprint density at radius 3 is 3.00 bits per heavy atom. The molecule has 0 fully saturated rings. The van der Waals surface area contributed by atoms with Gasteiger partial charge in [0.05, 0.1) is 7.11 Å². The molecule has 7 nitrogen and oxygen atoms in total. The zero-order valence-electron chi connectivity index (χ0n) is 7.52. The highest BCUT2D eigenvalue weighted by atomic mass is 35.5. The van der Waals surface area contributed by atoms with Gasteiger partial charge in [-0.1, -0.05) is 11.6 Å². The minimum atomic E-state index is -0.652. The molecule has 2 aromatic rings. The first-order valence-electron chi connectivity index (χ1n) is 3.85. The first kappa shape index (κ1) is 9.66. The number of aromatic nitrogens is 4. The molecule has 0 atom stereocenters. The Kier molecular flexibility index (Phi) is 2.16. The fraction of sp³-hybridized carbons (Fsp3) is 0.143. The zero-order chi connectivity index (χ0) is 11.0. The van der Waals surface area contributed by atoms with Crippen LogP contribution in [0.5, 0.6) is 0 Å². The van der Waals surface area contributed by atoms with Gasteiger partial charge < -0.3 is 4.74 Å². The molecular formula is C7H5ClN4O3. The third kappa shape index (κ3) is 1.28. The van der Waals surface area contributed by atoms with Crippen molar-refractivity contribution in [1.82, 2.24) is 19.8 Å². The molecule has 0 aliphatic rings. The Morgan fingerprint density at radius 2 is 2.40 bits per heavy atom. The summed E-state index contributed by atoms with van der Waals surface area (Å²) < 4.78 is 5.69. The molecular weight excluding hydrogens is 224 g/mol. The number of halogens is 1. The molecule has 0 saturated carbocycles. The number of hydrogen-bond acceptors (Lipinski definition) is 5. The van der Waals surface area contributed by atoms with Crippen molar-refractivity contribution in [3.05, 3.63) is 16.5 Å². The lowest BCUT2D eigenvalue weighted by molar-refractivity contribution is 0.0596. The van der Waals surface area contributed by atoms with Crippen LogP contribution < -0.4 is 0 Å². The van der Waals surface area contributed by atoms with E-state index in [1.54, 1.807) is 0 Å². The number of methoxy groups -OCH3 is 1. The van der Waals surface area contributed by atoms with Gasteiger partial charge in [0.15, 0.2) is 17.1 Å². The van der Waals surface area contributed by atoms with Crippen molar-refractivity contribution in [3.8, 4) is 0 Å². The number of H-pyrrole nitrogens is 1. The number of esters is 1. The number of hydrogen-bond donors (Lipinski definition) is 1. The molecule has 0 aromatic carbocycles. The van der Waals surface area contributed by atoms with Gasteiger partial charge >= 0.3 is 5.97 Å². The lowest BCUT2D eigenvalue weighted by Gasteiger charge is -1.90. The molecule has 8 heteroatoms. The van der Waals surface area contributed by atoms with Crippen molar-refractivity contribution in [2.45, 2.75) is 0 Å². The average Bonchev–Trinajstić information content (AvgIpc) is 2.74. The molecule has 78 valence electrons. The van der Waals surface area contributed by atoms with Crippen molar-refractivity contribution in [2.75, 3.05) is 7.11 Å². The Bertz CT molecular complexity index is 544. The highest BCUT2D eigenvalue weighted by Gasteiger charge is 2.20. The van der Waals surface area contributed by atoms with Gasteiger partial charge in [-0.15, -0.1) is 5.10 Å². The monoisotopic (exact) mass is 228 g/mol. The van der Waals surface area contributed by atoms with Gasteiger partial charge in [-0.2, -0.15) is 0 Å². The zero-order valence-corrected chi connectivity index (χ0v) is 8.28. The van der Waals surface area contributed by atoms with Crippen molar-refractivity contribution in [1.29, 1.82) is 0 Å². The lowest BCUT2D eigenvalue weighted by atomic mass is 10.4. The number of fused-ring (bicyclic) bond motifs is 1. The van der Waals surface area contributed by atoms with Crippen molar-refractivity contribution in [3.63, 3.8) is 0 Å². The molecule has 0 aliphatic carbocycles. The van der Waals surface area contributed by atoms with Crippen LogP contribution in [0.3, 0.4) is 0 Å². The number of imidazole rings is 1. The van der Waals surface area contributed by atoms with Crippen LogP contribution in [0, 0.1) is 0 Å². The summed E-state index contributed by atoms with van der Waals surface area (Å²) in [5.74, 6) is -0.652. The first-order valence-corrected chi connectivity index (χ1v) is 4.22. The fourth-order valence-corrected chi connectivity index (χ4v) is 1.36. The van der Waals surface area contributed by atoms with Crippen LogP contribution in [0.15, 0.2) is 0 Å². The molecule has 0 spiro atoms. The van der Waals surface area contributed by atoms with Crippen LogP contribution in [0.25, 0.3) is 5.65 Å². The van der Waals surface area contributed by atoms with E-state index in [-0.39, 0.29) is 22.2 Å². The molecule has 2 heterocycles. The second kappa shape index (κ2) is 3.35. The van der Waals surface area contributed by atoms with Gasteiger partial charge in [-0.25, -0.2) is 19.5 Å². The van der Waals surface area contributed by atoms with E-state index >= 15 is 0 Å². The van der Waals surface area contributed by atoms with E-state index in [1.165, 1.54) is 11.6 Å². The molecule has 2 aromatic heterocycles. The topological polar surface area (TPSA) is 89.4 Å². The van der Waals surface area contributed by atoms with Crippen LogP contribution >= 0.6 is 11.6 Å². The number of nitrogens with one attached hydrogen (secondary N) is 1. The van der Waals surface area contributed by atoms with E-state index in [1.807, 2.05) is 0 Å². The lowest BCUT2D eigenvalue weighted by Crippen LogP contribution is -2.02. The van der Waals surface area contributed by atoms with Crippen molar-refractivity contribution < 1.29 is 14.3 Å². The third-order valence-electron chi connectivity index (χ3n) is 1.83. The smallest absolute Gasteiger partial charge is 0.362 e. The van der Waals surface area contributed by atoms with Crippen molar-refractivity contribution >= 4 is 29.5 Å². The molecule has 0 aliphatic heterocycles. The second-order valence-electron chi connectivity index (χ2n) is 2.62. The fourth-order valence-electron chi connectivity index (χ4n) is 1.15. The number of aromatic amines is 1. The third-order valence-corrected chi connectivity index (χ3v) is 2.11. The molecule has 0 amide bonds. The van der Waals surface area contributed by atoms with Gasteiger partial charge in [0.2, 0.25) is 5.69 Å². The number of carbonyl (C=O) groups excluding carboxylic acids is 2. The first-order chi connectivity index (χ1) is 7.19. The van der Waals surface area contributed by atoms with Gasteiger partial charge in [0.25, 0.3) is 0 Å². The summed E-state index contributed by atoms with van der Waals surface area (Å²) in [7, 11) is 1.22. The molecule has 1 N–H and O–H groups in total. The summed E-state index contributed by atoms with van der Waals surface area (Å²) in [5.41, 5.74) is 0.246. The summed E-state index contributed by atoms with van der Waals surface area (Å²) >= 11 is 5.67. The minimum absolute atomic E-state index is 0.00352. The summed E-state index contributed by atoms with van der Waals surface area (Å²) in [6.45, 7) is 0. The molecule has 0 radical (unpaired) electrons. The van der Waals surface area contributed by atoms with Gasteiger partial charge in [0, 0.05) is 0 Å². The van der Waals surface area contributed by atoms with E-state index in [9.17, 15) is 9.59 Å². The number of ether oxygens (including phenoxy) is 1. The molecule has 2 rings (SSSR count). The van der Waals surface area contributed by atoms with E-state index in [2.05, 4.69) is 20.0 Å². The summed E-state index contributed by atoms with van der Waals surface area (Å²) in [6, 6.07) is 0. The number of nitrogens with zero attached hydrogens (tertiary/aromatic N) is 3. The molecule has 15 heavy (non-hydrogen) atoms. The quantitative estimate of drug-likeness (QED) is 0.590. The van der Waals surface area contributed by atoms with E-state index in [4.69, 9.17) is 11.6 Å². The van der Waals surface area contributed by atoms with Crippen molar-refractivity contribution in [2.24, 2.45) is 0 Å².